The molecule has 0 unspecified atom stereocenters. The van der Waals surface area contributed by atoms with E-state index in [1.165, 1.54) is 12.4 Å². The zero-order chi connectivity index (χ0) is 13.5. The quantitative estimate of drug-likeness (QED) is 0.858. The molecule has 0 aliphatic heterocycles. The highest BCUT2D eigenvalue weighted by atomic mass is 79.9. The maximum Gasteiger partial charge on any atom is 0.286 e. The van der Waals surface area contributed by atoms with E-state index in [9.17, 15) is 8.42 Å². The Morgan fingerprint density at radius 3 is 2.50 bits per heavy atom. The molecule has 2 aromatic rings. The fourth-order valence-corrected chi connectivity index (χ4v) is 3.27. The van der Waals surface area contributed by atoms with Crippen LogP contribution in [0.4, 0.5) is 0 Å². The average molecular weight is 333 g/mol. The van der Waals surface area contributed by atoms with Crippen LogP contribution in [0.2, 0.25) is 0 Å². The third kappa shape index (κ3) is 1.99. The van der Waals surface area contributed by atoms with Crippen LogP contribution in [0.5, 0.6) is 0 Å². The molecule has 0 atom stereocenters. The summed E-state index contributed by atoms with van der Waals surface area (Å²) in [7, 11) is -3.67. The number of aryl methyl sites for hydroxylation is 2. The van der Waals surface area contributed by atoms with Gasteiger partial charge < -0.3 is 0 Å². The van der Waals surface area contributed by atoms with Crippen LogP contribution in [0.1, 0.15) is 18.3 Å². The van der Waals surface area contributed by atoms with Gasteiger partial charge in [-0.05, 0) is 36.7 Å². The Hall–Kier alpha value is -1.15. The van der Waals surface area contributed by atoms with Crippen LogP contribution < -0.4 is 0 Å². The summed E-state index contributed by atoms with van der Waals surface area (Å²) < 4.78 is 28.0. The topological polar surface area (TPSA) is 69.8 Å². The van der Waals surface area contributed by atoms with Crippen molar-refractivity contribution in [3.8, 4) is 0 Å². The summed E-state index contributed by atoms with van der Waals surface area (Å²) in [6.07, 6.45) is 2.84. The van der Waals surface area contributed by atoms with Crippen LogP contribution in [0.3, 0.4) is 0 Å². The lowest BCUT2D eigenvalue weighted by Crippen LogP contribution is -2.15. The highest BCUT2D eigenvalue weighted by Crippen LogP contribution is 2.23. The van der Waals surface area contributed by atoms with E-state index in [1.807, 2.05) is 6.92 Å². The van der Waals surface area contributed by atoms with Crippen molar-refractivity contribution in [1.82, 2.24) is 19.0 Å². The second-order valence-electron chi connectivity index (χ2n) is 3.86. The largest absolute Gasteiger partial charge is 0.286 e. The molecule has 6 nitrogen and oxygen atoms in total. The van der Waals surface area contributed by atoms with Crippen molar-refractivity contribution in [3.05, 3.63) is 28.3 Å². The van der Waals surface area contributed by atoms with Gasteiger partial charge in [0.25, 0.3) is 10.0 Å². The van der Waals surface area contributed by atoms with Gasteiger partial charge >= 0.3 is 0 Å². The van der Waals surface area contributed by atoms with Crippen molar-refractivity contribution in [3.63, 3.8) is 0 Å². The smallest absolute Gasteiger partial charge is 0.272 e. The molecule has 98 valence electrons. The Balaban J connectivity index is 2.57. The van der Waals surface area contributed by atoms with E-state index in [0.29, 0.717) is 22.4 Å². The molecule has 2 aromatic heterocycles. The number of rotatable bonds is 3. The van der Waals surface area contributed by atoms with Crippen molar-refractivity contribution in [2.24, 2.45) is 0 Å². The summed E-state index contributed by atoms with van der Waals surface area (Å²) >= 11 is 3.32. The fourth-order valence-electron chi connectivity index (χ4n) is 1.59. The lowest BCUT2D eigenvalue weighted by molar-refractivity contribution is 0.577. The first-order valence-corrected chi connectivity index (χ1v) is 7.61. The van der Waals surface area contributed by atoms with Crippen molar-refractivity contribution >= 4 is 26.0 Å². The summed E-state index contributed by atoms with van der Waals surface area (Å²) in [5.41, 5.74) is 1.19. The van der Waals surface area contributed by atoms with Gasteiger partial charge in [-0.25, -0.2) is 0 Å². The van der Waals surface area contributed by atoms with E-state index in [-0.39, 0.29) is 4.90 Å². The van der Waals surface area contributed by atoms with Crippen LogP contribution in [0, 0.1) is 13.8 Å². The first-order valence-electron chi connectivity index (χ1n) is 5.37. The van der Waals surface area contributed by atoms with Crippen molar-refractivity contribution in [2.45, 2.75) is 32.2 Å². The minimum absolute atomic E-state index is 0.141. The molecule has 2 heterocycles. The Morgan fingerprint density at radius 1 is 1.39 bits per heavy atom. The zero-order valence-corrected chi connectivity index (χ0v) is 12.7. The predicted octanol–water partition coefficient (Wildman–Crippen LogP) is 1.72. The van der Waals surface area contributed by atoms with E-state index in [0.717, 1.165) is 4.09 Å². The molecular formula is C10H13BrN4O2S. The summed E-state index contributed by atoms with van der Waals surface area (Å²) in [6, 6.07) is 0. The van der Waals surface area contributed by atoms with Gasteiger partial charge in [-0.1, -0.05) is 0 Å². The van der Waals surface area contributed by atoms with Crippen LogP contribution in [-0.2, 0) is 16.6 Å². The van der Waals surface area contributed by atoms with Crippen LogP contribution in [-0.4, -0.2) is 27.4 Å². The van der Waals surface area contributed by atoms with Gasteiger partial charge in [0, 0.05) is 12.7 Å². The summed E-state index contributed by atoms with van der Waals surface area (Å²) in [5.74, 6) is 0. The zero-order valence-electron chi connectivity index (χ0n) is 10.3. The molecule has 0 aromatic carbocycles. The number of hydrogen-bond donors (Lipinski definition) is 0. The minimum Gasteiger partial charge on any atom is -0.272 e. The molecular weight excluding hydrogens is 320 g/mol. The molecule has 0 saturated carbocycles. The van der Waals surface area contributed by atoms with Gasteiger partial charge in [-0.3, -0.25) is 4.68 Å². The van der Waals surface area contributed by atoms with E-state index in [1.54, 1.807) is 18.5 Å². The first-order chi connectivity index (χ1) is 8.37. The molecule has 0 radical (unpaired) electrons. The Morgan fingerprint density at radius 2 is 2.06 bits per heavy atom. The number of hydrogen-bond acceptors (Lipinski definition) is 4. The molecule has 0 N–H and O–H groups in total. The molecule has 0 aliphatic carbocycles. The standard InChI is InChI=1S/C10H13BrN4O2S/c1-4-14-6-9(5-12-14)18(16,17)15-8(3)10(11)7(2)13-15/h5-6H,4H2,1-3H3. The monoisotopic (exact) mass is 332 g/mol. The van der Waals surface area contributed by atoms with E-state index >= 15 is 0 Å². The van der Waals surface area contributed by atoms with E-state index in [2.05, 4.69) is 26.1 Å². The van der Waals surface area contributed by atoms with E-state index in [4.69, 9.17) is 0 Å². The van der Waals surface area contributed by atoms with Crippen molar-refractivity contribution in [1.29, 1.82) is 0 Å². The molecule has 0 fully saturated rings. The fraction of sp³-hybridized carbons (Fsp3) is 0.400. The van der Waals surface area contributed by atoms with E-state index < -0.39 is 10.0 Å². The lowest BCUT2D eigenvalue weighted by Gasteiger charge is -2.03. The number of nitrogens with zero attached hydrogens (tertiary/aromatic N) is 4. The van der Waals surface area contributed by atoms with Gasteiger partial charge in [0.2, 0.25) is 0 Å². The number of halogens is 1. The highest BCUT2D eigenvalue weighted by Gasteiger charge is 2.24. The third-order valence-corrected chi connectivity index (χ3v) is 5.39. The normalized spacial score (nSPS) is 12.0. The van der Waals surface area contributed by atoms with Gasteiger partial charge in [0.1, 0.15) is 4.90 Å². The predicted molar refractivity (Wildman–Crippen MR) is 69.9 cm³/mol. The Bertz CT molecular complexity index is 687. The molecule has 0 saturated heterocycles. The summed E-state index contributed by atoms with van der Waals surface area (Å²) in [4.78, 5) is 0.141. The first kappa shape index (κ1) is 13.3. The van der Waals surface area contributed by atoms with Crippen LogP contribution in [0.15, 0.2) is 21.8 Å². The third-order valence-electron chi connectivity index (χ3n) is 2.62. The van der Waals surface area contributed by atoms with Gasteiger partial charge in [0.05, 0.1) is 22.1 Å². The second kappa shape index (κ2) is 4.51. The molecule has 0 amide bonds. The van der Waals surface area contributed by atoms with Crippen LogP contribution in [0.25, 0.3) is 0 Å². The number of aromatic nitrogens is 4. The van der Waals surface area contributed by atoms with Crippen molar-refractivity contribution < 1.29 is 8.42 Å². The van der Waals surface area contributed by atoms with Crippen LogP contribution >= 0.6 is 15.9 Å². The highest BCUT2D eigenvalue weighted by molar-refractivity contribution is 9.10. The second-order valence-corrected chi connectivity index (χ2v) is 6.42. The molecule has 2 rings (SSSR count). The molecule has 0 bridgehead atoms. The lowest BCUT2D eigenvalue weighted by atomic mass is 10.4. The van der Waals surface area contributed by atoms with Gasteiger partial charge in [-0.2, -0.15) is 22.7 Å². The average Bonchev–Trinajstić information content (AvgIpc) is 2.90. The molecule has 8 heteroatoms. The van der Waals surface area contributed by atoms with Crippen molar-refractivity contribution in [2.75, 3.05) is 0 Å². The van der Waals surface area contributed by atoms with Gasteiger partial charge in [0.15, 0.2) is 0 Å². The SMILES string of the molecule is CCn1cc(S(=O)(=O)n2nc(C)c(Br)c2C)cn1. The Labute approximate surface area is 114 Å². The molecule has 0 aliphatic rings. The Kier molecular flexibility index (Phi) is 3.33. The minimum atomic E-state index is -3.67. The maximum absolute atomic E-state index is 12.4. The molecule has 18 heavy (non-hydrogen) atoms. The summed E-state index contributed by atoms with van der Waals surface area (Å²) in [6.45, 7) is 5.96. The van der Waals surface area contributed by atoms with Gasteiger partial charge in [-0.15, -0.1) is 0 Å². The summed E-state index contributed by atoms with van der Waals surface area (Å²) in [5, 5.41) is 8.01. The molecule has 0 spiro atoms. The maximum atomic E-state index is 12.4.